The van der Waals surface area contributed by atoms with E-state index in [0.29, 0.717) is 6.54 Å². The van der Waals surface area contributed by atoms with Crippen molar-refractivity contribution in [1.29, 1.82) is 0 Å². The minimum Gasteiger partial charge on any atom is -0.444 e. The molecule has 1 amide bonds. The maximum atomic E-state index is 12.1. The van der Waals surface area contributed by atoms with Gasteiger partial charge in [-0.05, 0) is 45.7 Å². The third kappa shape index (κ3) is 5.61. The molecule has 20 heavy (non-hydrogen) atoms. The highest BCUT2D eigenvalue weighted by Crippen LogP contribution is 2.15. The van der Waals surface area contributed by atoms with Crippen molar-refractivity contribution in [2.45, 2.75) is 45.3 Å². The van der Waals surface area contributed by atoms with Crippen LogP contribution in [-0.4, -0.2) is 36.2 Å². The smallest absolute Gasteiger partial charge is 0.410 e. The minimum absolute atomic E-state index is 0.0530. The summed E-state index contributed by atoms with van der Waals surface area (Å²) in [5.74, 6) is 0. The first-order chi connectivity index (χ1) is 9.33. The van der Waals surface area contributed by atoms with Crippen molar-refractivity contribution < 1.29 is 9.53 Å². The summed E-state index contributed by atoms with van der Waals surface area (Å²) in [4.78, 5) is 13.8. The van der Waals surface area contributed by atoms with Gasteiger partial charge in [-0.1, -0.05) is 30.3 Å². The van der Waals surface area contributed by atoms with Gasteiger partial charge in [-0.25, -0.2) is 4.79 Å². The first-order valence-corrected chi connectivity index (χ1v) is 7.03. The molecule has 0 saturated carbocycles. The Bertz CT molecular complexity index is 412. The van der Waals surface area contributed by atoms with Gasteiger partial charge in [-0.15, -0.1) is 0 Å². The zero-order valence-electron chi connectivity index (χ0n) is 12.9. The van der Waals surface area contributed by atoms with Crippen molar-refractivity contribution in [3.63, 3.8) is 0 Å². The molecule has 0 radical (unpaired) electrons. The van der Waals surface area contributed by atoms with E-state index in [4.69, 9.17) is 10.5 Å². The van der Waals surface area contributed by atoms with E-state index in [1.54, 1.807) is 11.9 Å². The van der Waals surface area contributed by atoms with Crippen LogP contribution in [0.2, 0.25) is 0 Å². The largest absolute Gasteiger partial charge is 0.444 e. The average molecular weight is 278 g/mol. The Morgan fingerprint density at radius 2 is 1.90 bits per heavy atom. The van der Waals surface area contributed by atoms with Crippen molar-refractivity contribution in [3.05, 3.63) is 35.9 Å². The van der Waals surface area contributed by atoms with E-state index >= 15 is 0 Å². The van der Waals surface area contributed by atoms with Crippen LogP contribution in [0.1, 0.15) is 32.8 Å². The monoisotopic (exact) mass is 278 g/mol. The predicted molar refractivity (Wildman–Crippen MR) is 81.6 cm³/mol. The molecule has 0 aromatic heterocycles. The van der Waals surface area contributed by atoms with E-state index in [0.717, 1.165) is 12.8 Å². The molecule has 112 valence electrons. The number of carbonyl (C=O) groups excluding carboxylic acids is 1. The summed E-state index contributed by atoms with van der Waals surface area (Å²) in [6.45, 7) is 6.15. The number of amides is 1. The van der Waals surface area contributed by atoms with Gasteiger partial charge in [0.2, 0.25) is 0 Å². The predicted octanol–water partition coefficient (Wildman–Crippen LogP) is 2.81. The molecule has 0 fully saturated rings. The van der Waals surface area contributed by atoms with Crippen LogP contribution in [0.15, 0.2) is 30.3 Å². The molecular weight excluding hydrogens is 252 g/mol. The Labute approximate surface area is 121 Å². The van der Waals surface area contributed by atoms with Gasteiger partial charge in [0.1, 0.15) is 5.60 Å². The topological polar surface area (TPSA) is 55.6 Å². The lowest BCUT2D eigenvalue weighted by molar-refractivity contribution is 0.0216. The van der Waals surface area contributed by atoms with Gasteiger partial charge >= 0.3 is 6.09 Å². The molecule has 0 spiro atoms. The lowest BCUT2D eigenvalue weighted by atomic mass is 10.0. The van der Waals surface area contributed by atoms with Crippen LogP contribution in [0.4, 0.5) is 4.79 Å². The van der Waals surface area contributed by atoms with Gasteiger partial charge in [-0.2, -0.15) is 0 Å². The fourth-order valence-corrected chi connectivity index (χ4v) is 1.99. The van der Waals surface area contributed by atoms with Crippen LogP contribution >= 0.6 is 0 Å². The van der Waals surface area contributed by atoms with Crippen LogP contribution in [0, 0.1) is 0 Å². The first kappa shape index (κ1) is 16.5. The highest BCUT2D eigenvalue weighted by molar-refractivity contribution is 5.68. The SMILES string of the molecule is CN(C(=O)OC(C)(C)C)C(CCN)Cc1ccccc1. The molecule has 0 bridgehead atoms. The average Bonchev–Trinajstić information content (AvgIpc) is 2.36. The summed E-state index contributed by atoms with van der Waals surface area (Å²) >= 11 is 0. The van der Waals surface area contributed by atoms with Gasteiger partial charge in [0.15, 0.2) is 0 Å². The maximum absolute atomic E-state index is 12.1. The van der Waals surface area contributed by atoms with Crippen LogP contribution in [0.25, 0.3) is 0 Å². The number of hydrogen-bond acceptors (Lipinski definition) is 3. The number of nitrogens with two attached hydrogens (primary N) is 1. The molecule has 4 heteroatoms. The van der Waals surface area contributed by atoms with E-state index in [-0.39, 0.29) is 12.1 Å². The number of carbonyl (C=O) groups is 1. The molecule has 1 aromatic carbocycles. The van der Waals surface area contributed by atoms with E-state index in [9.17, 15) is 4.79 Å². The molecular formula is C16H26N2O2. The van der Waals surface area contributed by atoms with Gasteiger partial charge in [0.25, 0.3) is 0 Å². The highest BCUT2D eigenvalue weighted by atomic mass is 16.6. The summed E-state index contributed by atoms with van der Waals surface area (Å²) < 4.78 is 5.41. The third-order valence-electron chi connectivity index (χ3n) is 3.04. The molecule has 1 aromatic rings. The first-order valence-electron chi connectivity index (χ1n) is 7.03. The molecule has 2 N–H and O–H groups in total. The molecule has 1 unspecified atom stereocenters. The summed E-state index contributed by atoms with van der Waals surface area (Å²) in [6, 6.07) is 10.2. The van der Waals surface area contributed by atoms with Gasteiger partial charge in [0, 0.05) is 13.1 Å². The second-order valence-electron chi connectivity index (χ2n) is 6.01. The second kappa shape index (κ2) is 7.29. The third-order valence-corrected chi connectivity index (χ3v) is 3.04. The Kier molecular flexibility index (Phi) is 6.02. The zero-order valence-corrected chi connectivity index (χ0v) is 12.9. The highest BCUT2D eigenvalue weighted by Gasteiger charge is 2.25. The quantitative estimate of drug-likeness (QED) is 0.901. The zero-order chi connectivity index (χ0) is 15.2. The van der Waals surface area contributed by atoms with Gasteiger partial charge in [0.05, 0.1) is 0 Å². The molecule has 1 atom stereocenters. The minimum atomic E-state index is -0.481. The number of rotatable bonds is 5. The lowest BCUT2D eigenvalue weighted by Gasteiger charge is -2.30. The fraction of sp³-hybridized carbons (Fsp3) is 0.562. The fourth-order valence-electron chi connectivity index (χ4n) is 1.99. The number of ether oxygens (including phenoxy) is 1. The number of nitrogens with zero attached hydrogens (tertiary/aromatic N) is 1. The Morgan fingerprint density at radius 3 is 2.40 bits per heavy atom. The van der Waals surface area contributed by atoms with Crippen LogP contribution in [0.5, 0.6) is 0 Å². The molecule has 4 nitrogen and oxygen atoms in total. The Morgan fingerprint density at radius 1 is 1.30 bits per heavy atom. The summed E-state index contributed by atoms with van der Waals surface area (Å²) in [6.07, 6.45) is 1.24. The van der Waals surface area contributed by atoms with Crippen molar-refractivity contribution >= 4 is 6.09 Å². The molecule has 0 aliphatic rings. The Hall–Kier alpha value is -1.55. The summed E-state index contributed by atoms with van der Waals surface area (Å²) in [5.41, 5.74) is 6.38. The van der Waals surface area contributed by atoms with Crippen LogP contribution in [0.3, 0.4) is 0 Å². The number of hydrogen-bond donors (Lipinski definition) is 1. The van der Waals surface area contributed by atoms with Gasteiger partial charge in [-0.3, -0.25) is 0 Å². The van der Waals surface area contributed by atoms with Crippen molar-refractivity contribution in [3.8, 4) is 0 Å². The normalized spacial score (nSPS) is 12.8. The van der Waals surface area contributed by atoms with E-state index in [2.05, 4.69) is 12.1 Å². The van der Waals surface area contributed by atoms with Crippen molar-refractivity contribution in [2.75, 3.05) is 13.6 Å². The number of likely N-dealkylation sites (N-methyl/N-ethyl adjacent to an activating group) is 1. The van der Waals surface area contributed by atoms with Crippen molar-refractivity contribution in [1.82, 2.24) is 4.90 Å². The summed E-state index contributed by atoms with van der Waals surface area (Å²) in [5, 5.41) is 0. The van der Waals surface area contributed by atoms with E-state index < -0.39 is 5.60 Å². The van der Waals surface area contributed by atoms with Crippen molar-refractivity contribution in [2.24, 2.45) is 5.73 Å². The molecule has 0 aliphatic carbocycles. The van der Waals surface area contributed by atoms with Crippen LogP contribution < -0.4 is 5.73 Å². The lowest BCUT2D eigenvalue weighted by Crippen LogP contribution is -2.42. The molecule has 1 rings (SSSR count). The van der Waals surface area contributed by atoms with E-state index in [1.165, 1.54) is 5.56 Å². The molecule has 0 saturated heterocycles. The maximum Gasteiger partial charge on any atom is 0.410 e. The Balaban J connectivity index is 2.72. The molecule has 0 aliphatic heterocycles. The second-order valence-corrected chi connectivity index (χ2v) is 6.01. The number of benzene rings is 1. The van der Waals surface area contributed by atoms with E-state index in [1.807, 2.05) is 39.0 Å². The molecule has 0 heterocycles. The standard InChI is InChI=1S/C16H26N2O2/c1-16(2,3)20-15(19)18(4)14(10-11-17)12-13-8-6-5-7-9-13/h5-9,14H,10-12,17H2,1-4H3. The van der Waals surface area contributed by atoms with Crippen LogP contribution in [-0.2, 0) is 11.2 Å². The summed E-state index contributed by atoms with van der Waals surface area (Å²) in [7, 11) is 1.78. The van der Waals surface area contributed by atoms with Gasteiger partial charge < -0.3 is 15.4 Å².